The molecule has 0 aliphatic rings. The topological polar surface area (TPSA) is 86.7 Å². The molecular weight excluding hydrogens is 491 g/mol. The largest absolute Gasteiger partial charge is 0.493 e. The van der Waals surface area contributed by atoms with Crippen molar-refractivity contribution in [1.29, 1.82) is 0 Å². The number of carbonyl (C=O) groups is 1. The van der Waals surface area contributed by atoms with Gasteiger partial charge in [0.05, 0.1) is 19.2 Å². The summed E-state index contributed by atoms with van der Waals surface area (Å²) >= 11 is 12.3. The van der Waals surface area contributed by atoms with Gasteiger partial charge in [0.1, 0.15) is 11.3 Å². The molecule has 5 aromatic rings. The van der Waals surface area contributed by atoms with Crippen molar-refractivity contribution in [3.63, 3.8) is 0 Å². The summed E-state index contributed by atoms with van der Waals surface area (Å²) in [6.07, 6.45) is 0. The van der Waals surface area contributed by atoms with Gasteiger partial charge in [-0.15, -0.1) is 0 Å². The summed E-state index contributed by atoms with van der Waals surface area (Å²) in [6, 6.07) is 18.9. The number of fused-ring (bicyclic) bond motifs is 1. The zero-order valence-corrected chi connectivity index (χ0v) is 20.1. The van der Waals surface area contributed by atoms with Gasteiger partial charge < -0.3 is 23.6 Å². The van der Waals surface area contributed by atoms with Crippen molar-refractivity contribution in [2.45, 2.75) is 0 Å². The SMILES string of the molecule is COc1ccc(-c2nc3cc(NC(=O)c4ccc(-c5cc(Cl)ccc5Cl)o4)ccc3o2)cc1OC. The van der Waals surface area contributed by atoms with E-state index in [0.717, 1.165) is 5.56 Å². The van der Waals surface area contributed by atoms with Crippen molar-refractivity contribution in [2.75, 3.05) is 19.5 Å². The first-order chi connectivity index (χ1) is 16.9. The van der Waals surface area contributed by atoms with Gasteiger partial charge in [0.2, 0.25) is 5.89 Å². The van der Waals surface area contributed by atoms with Gasteiger partial charge in [-0.3, -0.25) is 4.79 Å². The fourth-order valence-electron chi connectivity index (χ4n) is 3.58. The average Bonchev–Trinajstić information content (AvgIpc) is 3.52. The molecule has 2 aromatic heterocycles. The minimum atomic E-state index is -0.419. The minimum Gasteiger partial charge on any atom is -0.493 e. The fourth-order valence-corrected chi connectivity index (χ4v) is 3.96. The highest BCUT2D eigenvalue weighted by Crippen LogP contribution is 2.34. The van der Waals surface area contributed by atoms with Crippen LogP contribution in [0.1, 0.15) is 10.6 Å². The van der Waals surface area contributed by atoms with Crippen LogP contribution in [0.25, 0.3) is 33.9 Å². The molecule has 3 aromatic carbocycles. The van der Waals surface area contributed by atoms with Crippen LogP contribution in [-0.2, 0) is 0 Å². The Morgan fingerprint density at radius 2 is 1.71 bits per heavy atom. The predicted molar refractivity (Wildman–Crippen MR) is 135 cm³/mol. The zero-order valence-electron chi connectivity index (χ0n) is 18.6. The number of furan rings is 1. The number of benzene rings is 3. The Balaban J connectivity index is 1.37. The summed E-state index contributed by atoms with van der Waals surface area (Å²) in [5, 5.41) is 3.80. The number of amides is 1. The third-order valence-electron chi connectivity index (χ3n) is 5.30. The van der Waals surface area contributed by atoms with E-state index in [2.05, 4.69) is 10.3 Å². The number of methoxy groups -OCH3 is 2. The monoisotopic (exact) mass is 508 g/mol. The number of nitrogens with zero attached hydrogens (tertiary/aromatic N) is 1. The maximum absolute atomic E-state index is 12.8. The highest BCUT2D eigenvalue weighted by Gasteiger charge is 2.16. The number of ether oxygens (including phenoxy) is 2. The number of oxazole rings is 1. The molecule has 35 heavy (non-hydrogen) atoms. The lowest BCUT2D eigenvalue weighted by Crippen LogP contribution is -2.10. The lowest BCUT2D eigenvalue weighted by atomic mass is 10.2. The molecule has 0 radical (unpaired) electrons. The molecule has 7 nitrogen and oxygen atoms in total. The number of anilines is 1. The first-order valence-electron chi connectivity index (χ1n) is 10.4. The van der Waals surface area contributed by atoms with Gasteiger partial charge in [-0.25, -0.2) is 4.98 Å². The first-order valence-corrected chi connectivity index (χ1v) is 11.2. The maximum atomic E-state index is 12.8. The maximum Gasteiger partial charge on any atom is 0.291 e. The van der Waals surface area contributed by atoms with Crippen LogP contribution in [0, 0.1) is 0 Å². The Morgan fingerprint density at radius 1 is 0.886 bits per heavy atom. The summed E-state index contributed by atoms with van der Waals surface area (Å²) in [4.78, 5) is 17.3. The molecule has 1 amide bonds. The molecule has 0 fully saturated rings. The van der Waals surface area contributed by atoms with Crippen LogP contribution >= 0.6 is 23.2 Å². The van der Waals surface area contributed by atoms with Crippen LogP contribution < -0.4 is 14.8 Å². The standard InChI is InChI=1S/C26H18Cl2N2O5/c1-32-22-7-3-14(11-24(22)33-2)26-30-19-13-16(5-8-21(19)35-26)29-25(31)23-10-9-20(34-23)17-12-15(27)4-6-18(17)28/h3-13H,1-2H3,(H,29,31). The summed E-state index contributed by atoms with van der Waals surface area (Å²) in [6.45, 7) is 0. The summed E-state index contributed by atoms with van der Waals surface area (Å²) in [5.41, 5.74) is 3.02. The Kier molecular flexibility index (Phi) is 6.11. The van der Waals surface area contributed by atoms with E-state index in [1.165, 1.54) is 0 Å². The molecule has 0 saturated heterocycles. The molecular formula is C26H18Cl2N2O5. The van der Waals surface area contributed by atoms with Gasteiger partial charge in [-0.05, 0) is 66.7 Å². The molecule has 2 heterocycles. The van der Waals surface area contributed by atoms with E-state index in [1.807, 2.05) is 6.07 Å². The Hall–Kier alpha value is -3.94. The van der Waals surface area contributed by atoms with Gasteiger partial charge in [0.25, 0.3) is 5.91 Å². The molecule has 0 spiro atoms. The highest BCUT2D eigenvalue weighted by molar-refractivity contribution is 6.35. The molecule has 176 valence electrons. The van der Waals surface area contributed by atoms with Crippen molar-refractivity contribution < 1.29 is 23.1 Å². The van der Waals surface area contributed by atoms with Crippen molar-refractivity contribution in [2.24, 2.45) is 0 Å². The van der Waals surface area contributed by atoms with Crippen molar-refractivity contribution >= 4 is 45.9 Å². The molecule has 0 aliphatic carbocycles. The van der Waals surface area contributed by atoms with E-state index in [9.17, 15) is 4.79 Å². The predicted octanol–water partition coefficient (Wildman–Crippen LogP) is 7.33. The smallest absolute Gasteiger partial charge is 0.291 e. The van der Waals surface area contributed by atoms with Crippen LogP contribution in [0.3, 0.4) is 0 Å². The van der Waals surface area contributed by atoms with Gasteiger partial charge in [-0.1, -0.05) is 23.2 Å². The lowest BCUT2D eigenvalue weighted by Gasteiger charge is -2.07. The second kappa shape index (κ2) is 9.37. The molecule has 5 rings (SSSR count). The van der Waals surface area contributed by atoms with Gasteiger partial charge in [0, 0.05) is 21.8 Å². The average molecular weight is 509 g/mol. The van der Waals surface area contributed by atoms with E-state index < -0.39 is 5.91 Å². The van der Waals surface area contributed by atoms with Crippen LogP contribution in [-0.4, -0.2) is 25.1 Å². The van der Waals surface area contributed by atoms with Gasteiger partial charge in [0.15, 0.2) is 22.8 Å². The van der Waals surface area contributed by atoms with Crippen LogP contribution in [0.5, 0.6) is 11.5 Å². The van der Waals surface area contributed by atoms with E-state index in [4.69, 9.17) is 41.5 Å². The number of hydrogen-bond donors (Lipinski definition) is 1. The van der Waals surface area contributed by atoms with Crippen molar-refractivity contribution in [1.82, 2.24) is 4.98 Å². The normalized spacial score (nSPS) is 11.0. The fraction of sp³-hybridized carbons (Fsp3) is 0.0769. The molecule has 0 bridgehead atoms. The molecule has 0 saturated carbocycles. The number of hydrogen-bond acceptors (Lipinski definition) is 6. The Labute approximate surface area is 210 Å². The van der Waals surface area contributed by atoms with Crippen molar-refractivity contribution in [3.8, 4) is 34.3 Å². The first kappa shape index (κ1) is 22.8. The molecule has 9 heteroatoms. The third-order valence-corrected chi connectivity index (χ3v) is 5.86. The number of nitrogens with one attached hydrogen (secondary N) is 1. The number of aromatic nitrogens is 1. The van der Waals surface area contributed by atoms with Crippen LogP contribution in [0.2, 0.25) is 10.0 Å². The Morgan fingerprint density at radius 3 is 2.51 bits per heavy atom. The van der Waals surface area contributed by atoms with E-state index in [1.54, 1.807) is 74.9 Å². The Bertz CT molecular complexity index is 1560. The summed E-state index contributed by atoms with van der Waals surface area (Å²) in [7, 11) is 3.14. The van der Waals surface area contributed by atoms with Crippen molar-refractivity contribution in [3.05, 3.63) is 82.5 Å². The molecule has 0 aliphatic heterocycles. The highest BCUT2D eigenvalue weighted by atomic mass is 35.5. The second-order valence-electron chi connectivity index (χ2n) is 7.51. The molecule has 0 atom stereocenters. The minimum absolute atomic E-state index is 0.127. The van der Waals surface area contributed by atoms with E-state index in [-0.39, 0.29) is 5.76 Å². The second-order valence-corrected chi connectivity index (χ2v) is 8.36. The summed E-state index contributed by atoms with van der Waals surface area (Å²) < 4.78 is 22.2. The van der Waals surface area contributed by atoms with Crippen LogP contribution in [0.15, 0.2) is 75.6 Å². The van der Waals surface area contributed by atoms with Gasteiger partial charge in [-0.2, -0.15) is 0 Å². The molecule has 1 N–H and O–H groups in total. The zero-order chi connectivity index (χ0) is 24.5. The number of rotatable bonds is 6. The van der Waals surface area contributed by atoms with Gasteiger partial charge >= 0.3 is 0 Å². The van der Waals surface area contributed by atoms with Crippen LogP contribution in [0.4, 0.5) is 5.69 Å². The third kappa shape index (κ3) is 4.56. The molecule has 0 unspecified atom stereocenters. The van der Waals surface area contributed by atoms with E-state index in [0.29, 0.717) is 55.5 Å². The van der Waals surface area contributed by atoms with E-state index >= 15 is 0 Å². The number of carbonyl (C=O) groups excluding carboxylic acids is 1. The quantitative estimate of drug-likeness (QED) is 0.258. The lowest BCUT2D eigenvalue weighted by molar-refractivity contribution is 0.0997. The number of halogens is 2. The summed E-state index contributed by atoms with van der Waals surface area (Å²) in [5.74, 6) is 1.74.